The van der Waals surface area contributed by atoms with Crippen molar-refractivity contribution in [3.8, 4) is 0 Å². The first-order valence-corrected chi connectivity index (χ1v) is 9.04. The molecule has 0 aliphatic carbocycles. The number of carbonyl (C=O) groups is 1. The van der Waals surface area contributed by atoms with E-state index in [0.29, 0.717) is 13.1 Å². The van der Waals surface area contributed by atoms with E-state index in [1.54, 1.807) is 0 Å². The number of carbonyl (C=O) groups excluding carboxylic acids is 1. The molecule has 2 atom stereocenters. The lowest BCUT2D eigenvalue weighted by molar-refractivity contribution is -0.136. The third-order valence-electron chi connectivity index (χ3n) is 4.88. The van der Waals surface area contributed by atoms with Crippen molar-refractivity contribution in [1.82, 2.24) is 4.90 Å². The number of rotatable bonds is 4. The maximum Gasteiger partial charge on any atom is 0.227 e. The summed E-state index contributed by atoms with van der Waals surface area (Å²) >= 11 is 6.07. The number of piperazine rings is 1. The van der Waals surface area contributed by atoms with Gasteiger partial charge in [0.15, 0.2) is 0 Å². The summed E-state index contributed by atoms with van der Waals surface area (Å²) in [5.74, 6) is -0.109. The summed E-state index contributed by atoms with van der Waals surface area (Å²) in [4.78, 5) is 17.0. The highest BCUT2D eigenvalue weighted by atomic mass is 35.5. The molecule has 1 heterocycles. The molecule has 1 aliphatic heterocycles. The molecule has 0 spiro atoms. The fourth-order valence-electron chi connectivity index (χ4n) is 3.26. The van der Waals surface area contributed by atoms with Crippen LogP contribution in [0.1, 0.15) is 18.5 Å². The molecule has 4 nitrogen and oxygen atoms in total. The minimum absolute atomic E-state index is 0. The van der Waals surface area contributed by atoms with E-state index in [2.05, 4.69) is 11.0 Å². The van der Waals surface area contributed by atoms with Gasteiger partial charge in [0, 0.05) is 42.9 Å². The van der Waals surface area contributed by atoms with Crippen molar-refractivity contribution >= 4 is 35.6 Å². The van der Waals surface area contributed by atoms with Gasteiger partial charge < -0.3 is 15.5 Å². The molecule has 1 fully saturated rings. The smallest absolute Gasteiger partial charge is 0.227 e. The molecule has 6 heteroatoms. The third-order valence-corrected chi connectivity index (χ3v) is 5.11. The van der Waals surface area contributed by atoms with E-state index in [-0.39, 0.29) is 30.3 Å². The molecule has 2 aromatic rings. The number of anilines is 1. The van der Waals surface area contributed by atoms with Crippen LogP contribution in [0.15, 0.2) is 54.6 Å². The Kier molecular flexibility index (Phi) is 7.33. The molecule has 26 heavy (non-hydrogen) atoms. The Bertz CT molecular complexity index is 718. The summed E-state index contributed by atoms with van der Waals surface area (Å²) in [6.45, 7) is 4.94. The van der Waals surface area contributed by atoms with Gasteiger partial charge in [0.05, 0.1) is 5.92 Å². The van der Waals surface area contributed by atoms with Crippen LogP contribution in [0.25, 0.3) is 0 Å². The molecular formula is C20H25Cl2N3O. The van der Waals surface area contributed by atoms with E-state index >= 15 is 0 Å². The molecule has 0 bridgehead atoms. The van der Waals surface area contributed by atoms with Crippen LogP contribution in [0.3, 0.4) is 0 Å². The molecule has 2 unspecified atom stereocenters. The van der Waals surface area contributed by atoms with Crippen LogP contribution in [-0.4, -0.2) is 37.0 Å². The first kappa shape index (κ1) is 20.6. The molecule has 140 valence electrons. The Morgan fingerprint density at radius 2 is 1.69 bits per heavy atom. The van der Waals surface area contributed by atoms with E-state index < -0.39 is 0 Å². The minimum Gasteiger partial charge on any atom is -0.368 e. The van der Waals surface area contributed by atoms with Crippen LogP contribution in [0.4, 0.5) is 5.69 Å². The molecule has 1 saturated heterocycles. The molecular weight excluding hydrogens is 369 g/mol. The van der Waals surface area contributed by atoms with Crippen molar-refractivity contribution in [2.24, 2.45) is 11.7 Å². The zero-order valence-electron chi connectivity index (χ0n) is 14.8. The average Bonchev–Trinajstić information content (AvgIpc) is 2.67. The molecule has 0 aromatic heterocycles. The Morgan fingerprint density at radius 3 is 2.31 bits per heavy atom. The quantitative estimate of drug-likeness (QED) is 0.860. The molecule has 0 radical (unpaired) electrons. The zero-order valence-corrected chi connectivity index (χ0v) is 16.4. The van der Waals surface area contributed by atoms with Gasteiger partial charge in [-0.15, -0.1) is 12.4 Å². The molecule has 3 rings (SSSR count). The molecule has 0 saturated carbocycles. The molecule has 2 N–H and O–H groups in total. The number of halogens is 2. The SMILES string of the molecule is CC(C(=O)N1CCN(c2cccc(Cl)c2)CC1)C(N)c1ccccc1.Cl. The van der Waals surface area contributed by atoms with Crippen LogP contribution in [0, 0.1) is 5.92 Å². The van der Waals surface area contributed by atoms with Crippen molar-refractivity contribution in [3.63, 3.8) is 0 Å². The lowest BCUT2D eigenvalue weighted by Crippen LogP contribution is -2.51. The highest BCUT2D eigenvalue weighted by Crippen LogP contribution is 2.24. The first-order valence-electron chi connectivity index (χ1n) is 8.66. The second-order valence-electron chi connectivity index (χ2n) is 6.52. The number of hydrogen-bond acceptors (Lipinski definition) is 3. The van der Waals surface area contributed by atoms with Gasteiger partial charge >= 0.3 is 0 Å². The maximum atomic E-state index is 12.8. The van der Waals surface area contributed by atoms with Crippen molar-refractivity contribution in [2.45, 2.75) is 13.0 Å². The van der Waals surface area contributed by atoms with Crippen LogP contribution in [-0.2, 0) is 4.79 Å². The second kappa shape index (κ2) is 9.26. The predicted octanol–water partition coefficient (Wildman–Crippen LogP) is 3.75. The monoisotopic (exact) mass is 393 g/mol. The molecule has 1 aliphatic rings. The number of benzene rings is 2. The van der Waals surface area contributed by atoms with Gasteiger partial charge in [-0.25, -0.2) is 0 Å². The summed E-state index contributed by atoms with van der Waals surface area (Å²) < 4.78 is 0. The predicted molar refractivity (Wildman–Crippen MR) is 110 cm³/mol. The van der Waals surface area contributed by atoms with E-state index in [0.717, 1.165) is 29.4 Å². The number of amides is 1. The number of nitrogens with zero attached hydrogens (tertiary/aromatic N) is 2. The van der Waals surface area contributed by atoms with Gasteiger partial charge in [-0.2, -0.15) is 0 Å². The standard InChI is InChI=1S/C20H24ClN3O.ClH/c1-15(19(22)16-6-3-2-4-7-16)20(25)24-12-10-23(11-13-24)18-9-5-8-17(21)14-18;/h2-9,14-15,19H,10-13,22H2,1H3;1H. The van der Waals surface area contributed by atoms with Gasteiger partial charge in [0.25, 0.3) is 0 Å². The zero-order chi connectivity index (χ0) is 17.8. The van der Waals surface area contributed by atoms with Gasteiger partial charge in [-0.3, -0.25) is 4.79 Å². The highest BCUT2D eigenvalue weighted by Gasteiger charge is 2.29. The van der Waals surface area contributed by atoms with Crippen molar-refractivity contribution in [2.75, 3.05) is 31.1 Å². The summed E-state index contributed by atoms with van der Waals surface area (Å²) in [5, 5.41) is 0.735. The Hall–Kier alpha value is -1.75. The largest absolute Gasteiger partial charge is 0.368 e. The fourth-order valence-corrected chi connectivity index (χ4v) is 3.45. The fraction of sp³-hybridized carbons (Fsp3) is 0.350. The Balaban J connectivity index is 0.00000243. The molecule has 2 aromatic carbocycles. The van der Waals surface area contributed by atoms with Gasteiger partial charge in [-0.05, 0) is 23.8 Å². The second-order valence-corrected chi connectivity index (χ2v) is 6.95. The van der Waals surface area contributed by atoms with Crippen LogP contribution in [0.5, 0.6) is 0 Å². The van der Waals surface area contributed by atoms with E-state index in [1.165, 1.54) is 0 Å². The van der Waals surface area contributed by atoms with E-state index in [1.807, 2.05) is 60.4 Å². The highest BCUT2D eigenvalue weighted by molar-refractivity contribution is 6.30. The third kappa shape index (κ3) is 4.70. The maximum absolute atomic E-state index is 12.8. The van der Waals surface area contributed by atoms with Gasteiger partial charge in [0.2, 0.25) is 5.91 Å². The molecule has 1 amide bonds. The van der Waals surface area contributed by atoms with Gasteiger partial charge in [-0.1, -0.05) is 54.9 Å². The van der Waals surface area contributed by atoms with Crippen molar-refractivity contribution in [3.05, 3.63) is 65.2 Å². The Labute approximate surface area is 166 Å². The van der Waals surface area contributed by atoms with Crippen molar-refractivity contribution in [1.29, 1.82) is 0 Å². The van der Waals surface area contributed by atoms with Crippen LogP contribution >= 0.6 is 24.0 Å². The number of hydrogen-bond donors (Lipinski definition) is 1. The van der Waals surface area contributed by atoms with E-state index in [9.17, 15) is 4.79 Å². The minimum atomic E-state index is -0.278. The summed E-state index contributed by atoms with van der Waals surface area (Å²) in [6.07, 6.45) is 0. The summed E-state index contributed by atoms with van der Waals surface area (Å²) in [6, 6.07) is 17.4. The number of nitrogens with two attached hydrogens (primary N) is 1. The topological polar surface area (TPSA) is 49.6 Å². The summed E-state index contributed by atoms with van der Waals surface area (Å²) in [7, 11) is 0. The average molecular weight is 394 g/mol. The first-order chi connectivity index (χ1) is 12.1. The van der Waals surface area contributed by atoms with Gasteiger partial charge in [0.1, 0.15) is 0 Å². The summed E-state index contributed by atoms with van der Waals surface area (Å²) in [5.41, 5.74) is 8.41. The van der Waals surface area contributed by atoms with Crippen LogP contribution < -0.4 is 10.6 Å². The normalized spacial score (nSPS) is 16.6. The van der Waals surface area contributed by atoms with E-state index in [4.69, 9.17) is 17.3 Å². The lowest BCUT2D eigenvalue weighted by atomic mass is 9.94. The Morgan fingerprint density at radius 1 is 1.04 bits per heavy atom. The lowest BCUT2D eigenvalue weighted by Gasteiger charge is -2.38. The van der Waals surface area contributed by atoms with Crippen LogP contribution in [0.2, 0.25) is 5.02 Å². The van der Waals surface area contributed by atoms with Crippen molar-refractivity contribution < 1.29 is 4.79 Å².